The van der Waals surface area contributed by atoms with Gasteiger partial charge in [0.2, 0.25) is 0 Å². The Labute approximate surface area is 379 Å². The molecule has 0 amide bonds. The third kappa shape index (κ3) is 5.38. The zero-order valence-corrected chi connectivity index (χ0v) is 37.2. The Morgan fingerprint density at radius 1 is 0.609 bits per heavy atom. The van der Waals surface area contributed by atoms with Gasteiger partial charge in [0, 0.05) is 39.8 Å². The Hall–Kier alpha value is -6.38. The summed E-state index contributed by atoms with van der Waals surface area (Å²) >= 11 is 0. The van der Waals surface area contributed by atoms with E-state index in [0.717, 1.165) is 44.9 Å². The van der Waals surface area contributed by atoms with Crippen LogP contribution in [0.1, 0.15) is 93.4 Å². The molecule has 64 heavy (non-hydrogen) atoms. The van der Waals surface area contributed by atoms with Crippen LogP contribution >= 0.6 is 0 Å². The van der Waals surface area contributed by atoms with Crippen LogP contribution < -0.4 is 9.80 Å². The summed E-state index contributed by atoms with van der Waals surface area (Å²) in [4.78, 5) is 5.51. The minimum atomic E-state index is -0.368. The van der Waals surface area contributed by atoms with Crippen LogP contribution in [0.4, 0.5) is 17.1 Å². The van der Waals surface area contributed by atoms with E-state index in [0.29, 0.717) is 17.9 Å². The molecule has 5 unspecified atom stereocenters. The van der Waals surface area contributed by atoms with Gasteiger partial charge < -0.3 is 9.80 Å². The fourth-order valence-electron chi connectivity index (χ4n) is 13.9. The first kappa shape index (κ1) is 38.1. The largest absolute Gasteiger partial charge is 0.338 e. The summed E-state index contributed by atoms with van der Waals surface area (Å²) in [5, 5.41) is 2.61. The van der Waals surface area contributed by atoms with Crippen molar-refractivity contribution >= 4 is 27.8 Å². The van der Waals surface area contributed by atoms with Crippen molar-refractivity contribution < 1.29 is 0 Å². The van der Waals surface area contributed by atoms with Crippen LogP contribution in [0, 0.1) is 5.92 Å². The van der Waals surface area contributed by atoms with Gasteiger partial charge in [0.15, 0.2) is 0 Å². The molecule has 0 radical (unpaired) electrons. The summed E-state index contributed by atoms with van der Waals surface area (Å²) in [5.74, 6) is 1.04. The first-order valence-electron chi connectivity index (χ1n) is 24.2. The number of fused-ring (bicyclic) bond motifs is 12. The van der Waals surface area contributed by atoms with E-state index in [9.17, 15) is 0 Å². The van der Waals surface area contributed by atoms with Crippen LogP contribution in [0.25, 0.3) is 21.9 Å². The summed E-state index contributed by atoms with van der Waals surface area (Å²) in [7, 11) is 0. The second-order valence-corrected chi connectivity index (χ2v) is 20.0. The van der Waals surface area contributed by atoms with Crippen molar-refractivity contribution in [1.82, 2.24) is 0 Å². The maximum atomic E-state index is 2.76. The lowest BCUT2D eigenvalue weighted by Gasteiger charge is -2.43. The van der Waals surface area contributed by atoms with Gasteiger partial charge in [-0.2, -0.15) is 0 Å². The van der Waals surface area contributed by atoms with Crippen LogP contribution in [0.2, 0.25) is 0 Å². The lowest BCUT2D eigenvalue weighted by atomic mass is 9.66. The van der Waals surface area contributed by atoms with E-state index >= 15 is 0 Å². The number of benzene rings is 6. The monoisotopic (exact) mass is 828 g/mol. The topological polar surface area (TPSA) is 6.48 Å². The molecule has 2 nitrogen and oxygen atoms in total. The first-order valence-corrected chi connectivity index (χ1v) is 24.2. The van der Waals surface area contributed by atoms with E-state index in [1.54, 1.807) is 16.7 Å². The zero-order valence-electron chi connectivity index (χ0n) is 37.2. The van der Waals surface area contributed by atoms with Crippen molar-refractivity contribution in [3.05, 3.63) is 232 Å². The first-order chi connectivity index (χ1) is 31.5. The van der Waals surface area contributed by atoms with Crippen LogP contribution in [-0.4, -0.2) is 12.1 Å². The SMILES string of the molecule is CC1(C)c2ccccc2C2CCC(N(c3ccccc3)C3C=CC4=C(C3)C3(C5=C4CCC=C5)c4ccccc4-c4c(N(c5cccc6ccccc56)C5CC=CCC5)cccc43)=CC21. The molecular formula is C62H56N2. The minimum absolute atomic E-state index is 0.0843. The Balaban J connectivity index is 0.988. The van der Waals surface area contributed by atoms with E-state index in [-0.39, 0.29) is 16.9 Å². The van der Waals surface area contributed by atoms with Crippen molar-refractivity contribution in [2.45, 2.75) is 94.0 Å². The van der Waals surface area contributed by atoms with E-state index < -0.39 is 0 Å². The van der Waals surface area contributed by atoms with Gasteiger partial charge in [0.1, 0.15) is 0 Å². The fraction of sp³-hybridized carbons (Fsp3) is 0.258. The van der Waals surface area contributed by atoms with Gasteiger partial charge in [-0.3, -0.25) is 0 Å². The second kappa shape index (κ2) is 14.6. The molecule has 0 aromatic heterocycles. The van der Waals surface area contributed by atoms with Crippen LogP contribution in [0.15, 0.2) is 210 Å². The number of hydrogen-bond donors (Lipinski definition) is 0. The van der Waals surface area contributed by atoms with Gasteiger partial charge in [-0.1, -0.05) is 172 Å². The summed E-state index contributed by atoms with van der Waals surface area (Å²) in [5.41, 5.74) is 20.1. The van der Waals surface area contributed by atoms with E-state index in [1.165, 1.54) is 78.9 Å². The lowest BCUT2D eigenvalue weighted by Crippen LogP contribution is -2.40. The number of para-hydroxylation sites is 1. The Kier molecular flexibility index (Phi) is 8.68. The van der Waals surface area contributed by atoms with Gasteiger partial charge in [0.25, 0.3) is 0 Å². The average molecular weight is 829 g/mol. The maximum Gasteiger partial charge on any atom is 0.0686 e. The highest BCUT2D eigenvalue weighted by Gasteiger charge is 2.55. The molecule has 0 saturated heterocycles. The highest BCUT2D eigenvalue weighted by Crippen LogP contribution is 2.66. The maximum absolute atomic E-state index is 2.76. The molecule has 0 heterocycles. The number of allylic oxidation sites excluding steroid dienone is 9. The molecule has 6 aromatic carbocycles. The average Bonchev–Trinajstić information content (AvgIpc) is 3.91. The third-order valence-corrected chi connectivity index (χ3v) is 16.6. The number of hydrogen-bond acceptors (Lipinski definition) is 2. The molecule has 0 fully saturated rings. The van der Waals surface area contributed by atoms with Crippen molar-refractivity contribution in [3.63, 3.8) is 0 Å². The molecule has 314 valence electrons. The summed E-state index contributed by atoms with van der Waals surface area (Å²) in [6.07, 6.45) is 26.3. The quantitative estimate of drug-likeness (QED) is 0.154. The lowest BCUT2D eigenvalue weighted by molar-refractivity contribution is 0.339. The molecule has 0 aliphatic heterocycles. The standard InChI is InChI=1S/C62H56N2/c1-61(2)52-29-14-11-26-47(52)49-37-35-44(39-56(49)61)63(42-21-5-3-6-22-42)45-36-38-50-48-27-12-15-30-53(48)62(57(50)40-45)54-31-16-13-28-51(54)60-55(62)32-18-34-59(60)64(43-23-7-4-8-24-43)58-33-17-20-41-19-9-10-25-46(41)58/h3-7,9-11,13-22,25-26,28-34,36,38-39,43,45,49,56H,8,12,23-24,27,35,37,40H2,1-2H3. The fourth-order valence-corrected chi connectivity index (χ4v) is 13.9. The van der Waals surface area contributed by atoms with Gasteiger partial charge in [-0.25, -0.2) is 0 Å². The Morgan fingerprint density at radius 2 is 1.38 bits per heavy atom. The van der Waals surface area contributed by atoms with Gasteiger partial charge in [-0.15, -0.1) is 0 Å². The predicted octanol–water partition coefficient (Wildman–Crippen LogP) is 15.5. The number of rotatable bonds is 6. The summed E-state index contributed by atoms with van der Waals surface area (Å²) in [6, 6.07) is 53.9. The van der Waals surface area contributed by atoms with E-state index in [2.05, 4.69) is 206 Å². The molecule has 5 atom stereocenters. The number of anilines is 3. The van der Waals surface area contributed by atoms with E-state index in [1.807, 2.05) is 0 Å². The number of nitrogens with zero attached hydrogens (tertiary/aromatic N) is 2. The normalized spacial score (nSPS) is 25.4. The molecule has 2 heteroatoms. The third-order valence-electron chi connectivity index (χ3n) is 16.6. The van der Waals surface area contributed by atoms with Crippen LogP contribution in [-0.2, 0) is 10.8 Å². The molecule has 7 aliphatic carbocycles. The second-order valence-electron chi connectivity index (χ2n) is 20.0. The minimum Gasteiger partial charge on any atom is -0.338 e. The molecular weight excluding hydrogens is 773 g/mol. The van der Waals surface area contributed by atoms with Gasteiger partial charge >= 0.3 is 0 Å². The molecule has 0 saturated carbocycles. The molecule has 7 aliphatic rings. The molecule has 0 bridgehead atoms. The van der Waals surface area contributed by atoms with Gasteiger partial charge in [0.05, 0.1) is 11.5 Å². The molecule has 6 aromatic rings. The molecule has 0 N–H and O–H groups in total. The van der Waals surface area contributed by atoms with Gasteiger partial charge in [-0.05, 0) is 148 Å². The van der Waals surface area contributed by atoms with Crippen molar-refractivity contribution in [2.75, 3.05) is 9.80 Å². The van der Waals surface area contributed by atoms with Crippen LogP contribution in [0.3, 0.4) is 0 Å². The smallest absolute Gasteiger partial charge is 0.0686 e. The summed E-state index contributed by atoms with van der Waals surface area (Å²) < 4.78 is 0. The van der Waals surface area contributed by atoms with Crippen LogP contribution in [0.5, 0.6) is 0 Å². The molecule has 1 spiro atoms. The Bertz CT molecular complexity index is 3070. The van der Waals surface area contributed by atoms with Crippen molar-refractivity contribution in [3.8, 4) is 11.1 Å². The van der Waals surface area contributed by atoms with Crippen molar-refractivity contribution in [2.24, 2.45) is 5.92 Å². The highest BCUT2D eigenvalue weighted by atomic mass is 15.2. The van der Waals surface area contributed by atoms with Crippen molar-refractivity contribution in [1.29, 1.82) is 0 Å². The summed E-state index contributed by atoms with van der Waals surface area (Å²) in [6.45, 7) is 4.98. The van der Waals surface area contributed by atoms with E-state index in [4.69, 9.17) is 0 Å². The Morgan fingerprint density at radius 3 is 2.27 bits per heavy atom. The zero-order chi connectivity index (χ0) is 42.6. The highest BCUT2D eigenvalue weighted by molar-refractivity contribution is 6.01. The predicted molar refractivity (Wildman–Crippen MR) is 267 cm³/mol. The molecule has 13 rings (SSSR count).